The maximum atomic E-state index is 12.3. The Hall–Kier alpha value is -1.36. The summed E-state index contributed by atoms with van der Waals surface area (Å²) < 4.78 is 25.1. The molecule has 0 unspecified atom stereocenters. The Labute approximate surface area is 82.0 Å². The lowest BCUT2D eigenvalue weighted by Crippen LogP contribution is -1.72. The van der Waals surface area contributed by atoms with Crippen molar-refractivity contribution < 1.29 is 19.0 Å². The van der Waals surface area contributed by atoms with Gasteiger partial charge in [0.05, 0.1) is 4.88 Å². The van der Waals surface area contributed by atoms with Crippen LogP contribution < -0.4 is 0 Å². The van der Waals surface area contributed by atoms with E-state index in [0.29, 0.717) is 10.1 Å². The third kappa shape index (κ3) is 1.39. The van der Waals surface area contributed by atoms with Gasteiger partial charge in [0.15, 0.2) is 11.5 Å². The topological polar surface area (TPSA) is 40.5 Å². The molecule has 2 rings (SSSR count). The van der Waals surface area contributed by atoms with Crippen molar-refractivity contribution in [3.05, 3.63) is 23.1 Å². The van der Waals surface area contributed by atoms with E-state index >= 15 is 0 Å². The number of phenols is 2. The van der Waals surface area contributed by atoms with E-state index in [1.54, 1.807) is 0 Å². The maximum Gasteiger partial charge on any atom is 0.272 e. The van der Waals surface area contributed by atoms with Gasteiger partial charge in [-0.15, -0.1) is 11.3 Å². The van der Waals surface area contributed by atoms with Gasteiger partial charge in [0.2, 0.25) is 0 Å². The van der Waals surface area contributed by atoms with Gasteiger partial charge < -0.3 is 10.2 Å². The second-order valence-electron chi connectivity index (χ2n) is 2.83. The Morgan fingerprint density at radius 2 is 1.71 bits per heavy atom. The van der Waals surface area contributed by atoms with Crippen molar-refractivity contribution >= 4 is 21.4 Å². The van der Waals surface area contributed by atoms with Crippen molar-refractivity contribution in [3.63, 3.8) is 0 Å². The van der Waals surface area contributed by atoms with Crippen molar-refractivity contribution in [2.24, 2.45) is 0 Å². The number of fused-ring (bicyclic) bond motifs is 1. The van der Waals surface area contributed by atoms with Crippen LogP contribution in [0.15, 0.2) is 18.2 Å². The van der Waals surface area contributed by atoms with E-state index in [9.17, 15) is 8.78 Å². The highest BCUT2D eigenvalue weighted by Gasteiger charge is 2.12. The number of phenolic OH excluding ortho intramolecular Hbond substituents is 2. The van der Waals surface area contributed by atoms with E-state index in [1.165, 1.54) is 18.2 Å². The summed E-state index contributed by atoms with van der Waals surface area (Å²) in [6, 6.07) is 3.86. The number of benzene rings is 1. The number of aromatic hydroxyl groups is 2. The van der Waals surface area contributed by atoms with E-state index in [0.717, 1.165) is 11.3 Å². The van der Waals surface area contributed by atoms with Crippen LogP contribution in [0.4, 0.5) is 8.78 Å². The van der Waals surface area contributed by atoms with Gasteiger partial charge in [-0.3, -0.25) is 0 Å². The van der Waals surface area contributed by atoms with E-state index in [2.05, 4.69) is 0 Å². The van der Waals surface area contributed by atoms with Crippen LogP contribution in [0.3, 0.4) is 0 Å². The monoisotopic (exact) mass is 216 g/mol. The Bertz CT molecular complexity index is 440. The van der Waals surface area contributed by atoms with Crippen molar-refractivity contribution in [1.82, 2.24) is 0 Å². The number of thiophene rings is 1. The molecule has 0 spiro atoms. The van der Waals surface area contributed by atoms with Crippen LogP contribution >= 0.6 is 11.3 Å². The lowest BCUT2D eigenvalue weighted by atomic mass is 10.2. The van der Waals surface area contributed by atoms with Crippen LogP contribution in [0, 0.1) is 0 Å². The molecule has 2 nitrogen and oxygen atoms in total. The highest BCUT2D eigenvalue weighted by Crippen LogP contribution is 2.37. The van der Waals surface area contributed by atoms with Gasteiger partial charge in [-0.05, 0) is 17.5 Å². The molecular weight excluding hydrogens is 210 g/mol. The first-order valence-corrected chi connectivity index (χ1v) is 4.63. The Morgan fingerprint density at radius 1 is 1.07 bits per heavy atom. The molecule has 0 aliphatic carbocycles. The zero-order chi connectivity index (χ0) is 10.3. The summed E-state index contributed by atoms with van der Waals surface area (Å²) in [7, 11) is 0. The van der Waals surface area contributed by atoms with Gasteiger partial charge in [0.1, 0.15) is 0 Å². The van der Waals surface area contributed by atoms with Crippen LogP contribution in [-0.2, 0) is 0 Å². The molecule has 1 heterocycles. The molecule has 2 aromatic rings. The van der Waals surface area contributed by atoms with Gasteiger partial charge in [0, 0.05) is 10.8 Å². The summed E-state index contributed by atoms with van der Waals surface area (Å²) >= 11 is 0.907. The summed E-state index contributed by atoms with van der Waals surface area (Å²) in [5.74, 6) is -0.587. The number of alkyl halides is 2. The van der Waals surface area contributed by atoms with Crippen molar-refractivity contribution in [2.45, 2.75) is 6.43 Å². The van der Waals surface area contributed by atoms with Crippen LogP contribution in [0.5, 0.6) is 11.5 Å². The van der Waals surface area contributed by atoms with Gasteiger partial charge in [-0.25, -0.2) is 8.78 Å². The van der Waals surface area contributed by atoms with Gasteiger partial charge in [0.25, 0.3) is 6.43 Å². The van der Waals surface area contributed by atoms with Crippen LogP contribution in [0.2, 0.25) is 0 Å². The molecule has 0 aliphatic rings. The minimum Gasteiger partial charge on any atom is -0.504 e. The summed E-state index contributed by atoms with van der Waals surface area (Å²) in [6.07, 6.45) is -2.52. The van der Waals surface area contributed by atoms with Crippen LogP contribution in [-0.4, -0.2) is 10.2 Å². The summed E-state index contributed by atoms with van der Waals surface area (Å²) in [4.78, 5) is -0.0648. The zero-order valence-corrected chi connectivity index (χ0v) is 7.68. The largest absolute Gasteiger partial charge is 0.504 e. The maximum absolute atomic E-state index is 12.3. The smallest absolute Gasteiger partial charge is 0.272 e. The first-order chi connectivity index (χ1) is 6.58. The number of halogens is 2. The molecule has 2 N–H and O–H groups in total. The summed E-state index contributed by atoms with van der Waals surface area (Å²) in [5, 5.41) is 18.8. The Morgan fingerprint density at radius 3 is 2.36 bits per heavy atom. The molecule has 0 fully saturated rings. The average Bonchev–Trinajstić information content (AvgIpc) is 2.48. The standard InChI is InChI=1S/C9H6F2O2S/c10-9(11)8-2-4-1-5(12)6(13)3-7(4)14-8/h1-3,9,12-13H. The van der Waals surface area contributed by atoms with Crippen molar-refractivity contribution in [2.75, 3.05) is 0 Å². The zero-order valence-electron chi connectivity index (χ0n) is 6.87. The second-order valence-corrected chi connectivity index (χ2v) is 3.94. The first kappa shape index (κ1) is 9.21. The normalized spacial score (nSPS) is 11.4. The minimum absolute atomic E-state index is 0.0648. The second kappa shape index (κ2) is 3.09. The predicted octanol–water partition coefficient (Wildman–Crippen LogP) is 3.25. The molecule has 0 saturated heterocycles. The van der Waals surface area contributed by atoms with E-state index in [1.807, 2.05) is 0 Å². The molecular formula is C9H6F2O2S. The fraction of sp³-hybridized carbons (Fsp3) is 0.111. The summed E-state index contributed by atoms with van der Waals surface area (Å²) in [5.41, 5.74) is 0. The predicted molar refractivity (Wildman–Crippen MR) is 50.1 cm³/mol. The van der Waals surface area contributed by atoms with E-state index < -0.39 is 6.43 Å². The van der Waals surface area contributed by atoms with E-state index in [4.69, 9.17) is 10.2 Å². The fourth-order valence-corrected chi connectivity index (χ4v) is 2.13. The molecule has 1 aromatic heterocycles. The lowest BCUT2D eigenvalue weighted by Gasteiger charge is -1.95. The summed E-state index contributed by atoms with van der Waals surface area (Å²) in [6.45, 7) is 0. The molecule has 0 bridgehead atoms. The van der Waals surface area contributed by atoms with Crippen molar-refractivity contribution in [1.29, 1.82) is 0 Å². The van der Waals surface area contributed by atoms with Gasteiger partial charge >= 0.3 is 0 Å². The number of rotatable bonds is 1. The highest BCUT2D eigenvalue weighted by atomic mass is 32.1. The molecule has 0 saturated carbocycles. The molecule has 5 heteroatoms. The van der Waals surface area contributed by atoms with Gasteiger partial charge in [-0.1, -0.05) is 0 Å². The third-order valence-electron chi connectivity index (χ3n) is 1.85. The molecule has 1 aromatic carbocycles. The fourth-order valence-electron chi connectivity index (χ4n) is 1.19. The minimum atomic E-state index is -2.52. The lowest BCUT2D eigenvalue weighted by molar-refractivity contribution is 0.156. The molecule has 0 radical (unpaired) electrons. The quantitative estimate of drug-likeness (QED) is 0.718. The molecule has 74 valence electrons. The van der Waals surface area contributed by atoms with E-state index in [-0.39, 0.29) is 16.4 Å². The van der Waals surface area contributed by atoms with Crippen LogP contribution in [0.1, 0.15) is 11.3 Å². The molecule has 14 heavy (non-hydrogen) atoms. The Balaban J connectivity index is 2.66. The van der Waals surface area contributed by atoms with Gasteiger partial charge in [-0.2, -0.15) is 0 Å². The van der Waals surface area contributed by atoms with Crippen LogP contribution in [0.25, 0.3) is 10.1 Å². The average molecular weight is 216 g/mol. The number of hydrogen-bond acceptors (Lipinski definition) is 3. The molecule has 0 atom stereocenters. The third-order valence-corrected chi connectivity index (χ3v) is 2.95. The first-order valence-electron chi connectivity index (χ1n) is 3.81. The Kier molecular flexibility index (Phi) is 2.03. The molecule has 0 aliphatic heterocycles. The van der Waals surface area contributed by atoms with Crippen molar-refractivity contribution in [3.8, 4) is 11.5 Å². The number of hydrogen-bond donors (Lipinski definition) is 2. The molecule has 0 amide bonds. The highest BCUT2D eigenvalue weighted by molar-refractivity contribution is 7.19. The SMILES string of the molecule is Oc1cc2cc(C(F)F)sc2cc1O.